The van der Waals surface area contributed by atoms with Crippen molar-refractivity contribution in [1.29, 1.82) is 0 Å². The Labute approximate surface area is 179 Å². The summed E-state index contributed by atoms with van der Waals surface area (Å²) in [6.07, 6.45) is 5.10. The number of aromatic amines is 1. The van der Waals surface area contributed by atoms with Gasteiger partial charge in [-0.05, 0) is 25.0 Å². The smallest absolute Gasteiger partial charge is 0.230 e. The molecule has 0 atom stereocenters. The van der Waals surface area contributed by atoms with Gasteiger partial charge in [-0.15, -0.1) is 0 Å². The Morgan fingerprint density at radius 3 is 2.71 bits per heavy atom. The molecule has 2 heterocycles. The van der Waals surface area contributed by atoms with Crippen molar-refractivity contribution in [2.75, 3.05) is 24.4 Å². The number of carbonyl (C=O) groups excluding carboxylic acids is 2. The number of ketones is 1. The van der Waals surface area contributed by atoms with Gasteiger partial charge in [0.15, 0.2) is 17.4 Å². The Morgan fingerprint density at radius 2 is 2.06 bits per heavy atom. The number of nitrogens with one attached hydrogen (secondary N) is 2. The third-order valence-electron chi connectivity index (χ3n) is 5.27. The molecule has 160 valence electrons. The lowest BCUT2D eigenvalue weighted by Gasteiger charge is -2.20. The largest absolute Gasteiger partial charge is 0.494 e. The maximum atomic E-state index is 12.6. The summed E-state index contributed by atoms with van der Waals surface area (Å²) in [5, 5.41) is 10.0. The number of Topliss-reactive ketones (excluding diaryl/α,β-unsaturated/α-hetero) is 1. The number of nitrogens with zero attached hydrogens (tertiary/aromatic N) is 4. The molecule has 3 aromatic rings. The van der Waals surface area contributed by atoms with Crippen molar-refractivity contribution in [1.82, 2.24) is 20.2 Å². The summed E-state index contributed by atoms with van der Waals surface area (Å²) in [5.41, 5.74) is 2.38. The average molecular weight is 420 g/mol. The molecular weight excluding hydrogens is 396 g/mol. The predicted molar refractivity (Wildman–Crippen MR) is 117 cm³/mol. The highest BCUT2D eigenvalue weighted by molar-refractivity contribution is 6.03. The van der Waals surface area contributed by atoms with Crippen LogP contribution < -0.4 is 15.0 Å². The molecule has 0 unspecified atom stereocenters. The molecule has 2 N–H and O–H groups in total. The molecule has 1 aromatic carbocycles. The number of amides is 1. The van der Waals surface area contributed by atoms with E-state index in [4.69, 9.17) is 4.74 Å². The van der Waals surface area contributed by atoms with Gasteiger partial charge in [0, 0.05) is 31.6 Å². The van der Waals surface area contributed by atoms with E-state index in [9.17, 15) is 9.59 Å². The van der Waals surface area contributed by atoms with Crippen molar-refractivity contribution >= 4 is 28.9 Å². The molecule has 1 aliphatic carbocycles. The van der Waals surface area contributed by atoms with E-state index in [0.717, 1.165) is 18.4 Å². The van der Waals surface area contributed by atoms with Crippen LogP contribution in [0.4, 0.5) is 17.2 Å². The van der Waals surface area contributed by atoms with E-state index in [1.807, 2.05) is 18.2 Å². The van der Waals surface area contributed by atoms with Gasteiger partial charge in [-0.3, -0.25) is 19.6 Å². The Morgan fingerprint density at radius 1 is 1.26 bits per heavy atom. The van der Waals surface area contributed by atoms with Gasteiger partial charge < -0.3 is 10.1 Å². The molecule has 0 aliphatic heterocycles. The summed E-state index contributed by atoms with van der Waals surface area (Å²) in [7, 11) is 3.28. The van der Waals surface area contributed by atoms with Gasteiger partial charge in [0.25, 0.3) is 0 Å². The Bertz CT molecular complexity index is 1110. The first-order valence-corrected chi connectivity index (χ1v) is 10.1. The number of hydrogen-bond donors (Lipinski definition) is 2. The minimum atomic E-state index is -0.0527. The van der Waals surface area contributed by atoms with Gasteiger partial charge in [-0.1, -0.05) is 13.0 Å². The van der Waals surface area contributed by atoms with Crippen LogP contribution in [-0.4, -0.2) is 46.0 Å². The van der Waals surface area contributed by atoms with Crippen LogP contribution in [0.5, 0.6) is 5.75 Å². The molecule has 2 aromatic heterocycles. The summed E-state index contributed by atoms with van der Waals surface area (Å²) in [4.78, 5) is 35.2. The normalized spacial score (nSPS) is 13.0. The second-order valence-electron chi connectivity index (χ2n) is 7.38. The standard InChI is InChI=1S/C22H24N6O3/c1-4-18(29)15-11-23-19(28(2)22(30)13-8-9-13)10-17(15)26-16-7-5-6-14(20(16)31-3)21-24-12-25-27-21/h5-7,10-13H,4,8-9H2,1-3H3,(H,23,26)(H,24,25,27). The zero-order valence-corrected chi connectivity index (χ0v) is 17.7. The fraction of sp³-hybridized carbons (Fsp3) is 0.318. The molecule has 1 amide bonds. The summed E-state index contributed by atoms with van der Waals surface area (Å²) in [6, 6.07) is 7.29. The number of rotatable bonds is 8. The molecule has 1 fully saturated rings. The van der Waals surface area contributed by atoms with Crippen LogP contribution in [-0.2, 0) is 4.79 Å². The van der Waals surface area contributed by atoms with Gasteiger partial charge in [-0.25, -0.2) is 9.97 Å². The van der Waals surface area contributed by atoms with Crippen LogP contribution in [0.25, 0.3) is 11.4 Å². The third-order valence-corrected chi connectivity index (χ3v) is 5.27. The van der Waals surface area contributed by atoms with Gasteiger partial charge in [0.1, 0.15) is 12.1 Å². The Kier molecular flexibility index (Phi) is 5.66. The SMILES string of the molecule is CCC(=O)c1cnc(N(C)C(=O)C2CC2)cc1Nc1cccc(-c2ncn[nH]2)c1OC. The number of aromatic nitrogens is 4. The van der Waals surface area contributed by atoms with Crippen molar-refractivity contribution in [3.63, 3.8) is 0 Å². The molecule has 31 heavy (non-hydrogen) atoms. The van der Waals surface area contributed by atoms with Crippen LogP contribution in [0.2, 0.25) is 0 Å². The Hall–Kier alpha value is -3.75. The maximum Gasteiger partial charge on any atom is 0.230 e. The molecule has 1 aliphatic rings. The second-order valence-corrected chi connectivity index (χ2v) is 7.38. The highest BCUT2D eigenvalue weighted by atomic mass is 16.5. The fourth-order valence-corrected chi connectivity index (χ4v) is 3.38. The lowest BCUT2D eigenvalue weighted by atomic mass is 10.1. The van der Waals surface area contributed by atoms with Gasteiger partial charge >= 0.3 is 0 Å². The van der Waals surface area contributed by atoms with Crippen molar-refractivity contribution < 1.29 is 14.3 Å². The van der Waals surface area contributed by atoms with E-state index >= 15 is 0 Å². The second kappa shape index (κ2) is 8.55. The molecule has 1 saturated carbocycles. The fourth-order valence-electron chi connectivity index (χ4n) is 3.38. The van der Waals surface area contributed by atoms with Gasteiger partial charge in [-0.2, -0.15) is 5.10 Å². The van der Waals surface area contributed by atoms with E-state index in [0.29, 0.717) is 40.8 Å². The number of H-pyrrole nitrogens is 1. The van der Waals surface area contributed by atoms with E-state index in [1.165, 1.54) is 12.5 Å². The molecule has 4 rings (SSSR count). The van der Waals surface area contributed by atoms with Crippen LogP contribution in [0.15, 0.2) is 36.8 Å². The number of para-hydroxylation sites is 1. The molecular formula is C22H24N6O3. The third kappa shape index (κ3) is 4.11. The van der Waals surface area contributed by atoms with Crippen molar-refractivity contribution in [2.24, 2.45) is 5.92 Å². The molecule has 0 spiro atoms. The minimum absolute atomic E-state index is 0.0397. The number of methoxy groups -OCH3 is 1. The molecule has 0 radical (unpaired) electrons. The lowest BCUT2D eigenvalue weighted by molar-refractivity contribution is -0.119. The summed E-state index contributed by atoms with van der Waals surface area (Å²) < 4.78 is 5.64. The topological polar surface area (TPSA) is 113 Å². The molecule has 9 nitrogen and oxygen atoms in total. The van der Waals surface area contributed by atoms with E-state index < -0.39 is 0 Å². The van der Waals surface area contributed by atoms with Gasteiger partial charge in [0.05, 0.1) is 29.6 Å². The molecule has 0 bridgehead atoms. The Balaban J connectivity index is 1.74. The monoisotopic (exact) mass is 420 g/mol. The molecule has 0 saturated heterocycles. The van der Waals surface area contributed by atoms with Crippen molar-refractivity contribution in [3.8, 4) is 17.1 Å². The first kappa shape index (κ1) is 20.5. The first-order chi connectivity index (χ1) is 15.0. The number of carbonyl (C=O) groups is 2. The van der Waals surface area contributed by atoms with Crippen LogP contribution in [0.3, 0.4) is 0 Å². The number of ether oxygens (including phenoxy) is 1. The van der Waals surface area contributed by atoms with Crippen molar-refractivity contribution in [2.45, 2.75) is 26.2 Å². The van der Waals surface area contributed by atoms with Crippen LogP contribution in [0.1, 0.15) is 36.5 Å². The zero-order chi connectivity index (χ0) is 22.0. The number of anilines is 3. The summed E-state index contributed by atoms with van der Waals surface area (Å²) in [6.45, 7) is 1.80. The zero-order valence-electron chi connectivity index (χ0n) is 17.7. The lowest BCUT2D eigenvalue weighted by Crippen LogP contribution is -2.28. The summed E-state index contributed by atoms with van der Waals surface area (Å²) >= 11 is 0. The average Bonchev–Trinajstić information content (AvgIpc) is 3.51. The number of hydrogen-bond acceptors (Lipinski definition) is 7. The van der Waals surface area contributed by atoms with E-state index in [-0.39, 0.29) is 17.6 Å². The van der Waals surface area contributed by atoms with Crippen LogP contribution in [0, 0.1) is 5.92 Å². The highest BCUT2D eigenvalue weighted by Gasteiger charge is 2.33. The van der Waals surface area contributed by atoms with Crippen molar-refractivity contribution in [3.05, 3.63) is 42.4 Å². The summed E-state index contributed by atoms with van der Waals surface area (Å²) in [5.74, 6) is 1.66. The van der Waals surface area contributed by atoms with Crippen LogP contribution >= 0.6 is 0 Å². The van der Waals surface area contributed by atoms with E-state index in [2.05, 4.69) is 25.5 Å². The quantitative estimate of drug-likeness (QED) is 0.536. The maximum absolute atomic E-state index is 12.6. The molecule has 9 heteroatoms. The van der Waals surface area contributed by atoms with Gasteiger partial charge in [0.2, 0.25) is 5.91 Å². The number of benzene rings is 1. The van der Waals surface area contributed by atoms with E-state index in [1.54, 1.807) is 32.0 Å². The number of pyridine rings is 1. The minimum Gasteiger partial charge on any atom is -0.494 e. The highest BCUT2D eigenvalue weighted by Crippen LogP contribution is 2.38. The predicted octanol–water partition coefficient (Wildman–Crippen LogP) is 3.58. The first-order valence-electron chi connectivity index (χ1n) is 10.1.